The van der Waals surface area contributed by atoms with E-state index in [1.54, 1.807) is 0 Å². The van der Waals surface area contributed by atoms with E-state index in [4.69, 9.17) is 0 Å². The Morgan fingerprint density at radius 2 is 1.80 bits per heavy atom. The number of likely N-dealkylation sites (tertiary alicyclic amines) is 1. The van der Waals surface area contributed by atoms with Gasteiger partial charge in [0.05, 0.1) is 11.5 Å². The van der Waals surface area contributed by atoms with Crippen molar-refractivity contribution >= 4 is 15.7 Å². The molecule has 0 N–H and O–H groups in total. The Morgan fingerprint density at radius 1 is 1.10 bits per heavy atom. The molecular weight excluding hydrogens is 398 g/mol. The first-order chi connectivity index (χ1) is 14.3. The number of nitrogens with zero attached hydrogens (tertiary/aromatic N) is 3. The molecule has 30 heavy (non-hydrogen) atoms. The average molecular weight is 436 g/mol. The second-order valence-electron chi connectivity index (χ2n) is 9.11. The van der Waals surface area contributed by atoms with Crippen LogP contribution in [0.25, 0.3) is 0 Å². The molecule has 0 aromatic heterocycles. The minimum Gasteiger partial charge on any atom is -0.342 e. The Balaban J connectivity index is 1.54. The highest BCUT2D eigenvalue weighted by atomic mass is 32.2. The topological polar surface area (TPSA) is 60.9 Å². The van der Waals surface area contributed by atoms with Crippen molar-refractivity contribution in [1.82, 2.24) is 14.7 Å². The standard InChI is InChI=1S/C23H37N3O3S/c1-24-13-8-21(9-14-24)18-26(16-10-20-6-4-3-5-7-20)23(27)11-15-25(2)22-12-17-30(28,29)19-22/h3-7,21-22H,8-19H2,1-2H3. The lowest BCUT2D eigenvalue weighted by atomic mass is 9.96. The molecule has 2 saturated heterocycles. The van der Waals surface area contributed by atoms with E-state index in [0.29, 0.717) is 25.3 Å². The quantitative estimate of drug-likeness (QED) is 0.593. The monoisotopic (exact) mass is 435 g/mol. The van der Waals surface area contributed by atoms with E-state index in [1.807, 2.05) is 25.2 Å². The summed E-state index contributed by atoms with van der Waals surface area (Å²) in [7, 11) is 1.21. The summed E-state index contributed by atoms with van der Waals surface area (Å²) in [5.74, 6) is 1.26. The highest BCUT2D eigenvalue weighted by Crippen LogP contribution is 2.19. The van der Waals surface area contributed by atoms with E-state index in [2.05, 4.69) is 33.9 Å². The highest BCUT2D eigenvalue weighted by Gasteiger charge is 2.31. The van der Waals surface area contributed by atoms with Gasteiger partial charge < -0.3 is 14.7 Å². The summed E-state index contributed by atoms with van der Waals surface area (Å²) < 4.78 is 23.5. The van der Waals surface area contributed by atoms with E-state index < -0.39 is 9.84 Å². The van der Waals surface area contributed by atoms with Gasteiger partial charge in [-0.1, -0.05) is 30.3 Å². The van der Waals surface area contributed by atoms with Crippen molar-refractivity contribution in [2.24, 2.45) is 5.92 Å². The van der Waals surface area contributed by atoms with Crippen molar-refractivity contribution in [1.29, 1.82) is 0 Å². The number of hydrogen-bond donors (Lipinski definition) is 0. The number of hydrogen-bond acceptors (Lipinski definition) is 5. The van der Waals surface area contributed by atoms with Crippen LogP contribution in [-0.2, 0) is 21.1 Å². The van der Waals surface area contributed by atoms with E-state index >= 15 is 0 Å². The van der Waals surface area contributed by atoms with Gasteiger partial charge in [0.15, 0.2) is 9.84 Å². The molecule has 1 amide bonds. The molecule has 0 spiro atoms. The van der Waals surface area contributed by atoms with Crippen LogP contribution in [0, 0.1) is 5.92 Å². The fourth-order valence-corrected chi connectivity index (χ4v) is 6.32. The summed E-state index contributed by atoms with van der Waals surface area (Å²) in [6.07, 6.45) is 4.29. The third-order valence-electron chi connectivity index (χ3n) is 6.69. The third kappa shape index (κ3) is 7.06. The number of carbonyl (C=O) groups is 1. The molecule has 1 unspecified atom stereocenters. The molecule has 1 aromatic rings. The molecule has 2 aliphatic heterocycles. The van der Waals surface area contributed by atoms with Crippen molar-refractivity contribution in [3.05, 3.63) is 35.9 Å². The molecule has 7 heteroatoms. The first-order valence-electron chi connectivity index (χ1n) is 11.2. The van der Waals surface area contributed by atoms with Crippen LogP contribution in [0.15, 0.2) is 30.3 Å². The van der Waals surface area contributed by atoms with Crippen molar-refractivity contribution in [3.63, 3.8) is 0 Å². The summed E-state index contributed by atoms with van der Waals surface area (Å²) in [5, 5.41) is 0. The van der Waals surface area contributed by atoms with Crippen LogP contribution in [0.3, 0.4) is 0 Å². The number of carbonyl (C=O) groups excluding carboxylic acids is 1. The third-order valence-corrected chi connectivity index (χ3v) is 8.44. The molecular formula is C23H37N3O3S. The smallest absolute Gasteiger partial charge is 0.223 e. The minimum atomic E-state index is -2.90. The zero-order chi connectivity index (χ0) is 21.6. The second kappa shape index (κ2) is 10.7. The lowest BCUT2D eigenvalue weighted by Crippen LogP contribution is -2.42. The van der Waals surface area contributed by atoms with Gasteiger partial charge in [-0.05, 0) is 64.3 Å². The fourth-order valence-electron chi connectivity index (χ4n) is 4.52. The van der Waals surface area contributed by atoms with E-state index in [9.17, 15) is 13.2 Å². The molecule has 2 fully saturated rings. The summed E-state index contributed by atoms with van der Waals surface area (Å²) in [6.45, 7) is 4.40. The second-order valence-corrected chi connectivity index (χ2v) is 11.3. The molecule has 2 heterocycles. The van der Waals surface area contributed by atoms with Crippen LogP contribution in [-0.4, -0.2) is 93.4 Å². The van der Waals surface area contributed by atoms with Crippen LogP contribution in [0.5, 0.6) is 0 Å². The molecule has 168 valence electrons. The summed E-state index contributed by atoms with van der Waals surface area (Å²) in [4.78, 5) is 19.6. The van der Waals surface area contributed by atoms with Gasteiger partial charge in [-0.3, -0.25) is 4.79 Å². The number of piperidine rings is 1. The Bertz CT molecular complexity index is 776. The van der Waals surface area contributed by atoms with Gasteiger partial charge in [0.1, 0.15) is 0 Å². The SMILES string of the molecule is CN1CCC(CN(CCc2ccccc2)C(=O)CCN(C)C2CCS(=O)(=O)C2)CC1. The van der Waals surface area contributed by atoms with Crippen LogP contribution < -0.4 is 0 Å². The zero-order valence-electron chi connectivity index (χ0n) is 18.5. The maximum absolute atomic E-state index is 13.1. The maximum atomic E-state index is 13.1. The highest BCUT2D eigenvalue weighted by molar-refractivity contribution is 7.91. The van der Waals surface area contributed by atoms with Crippen molar-refractivity contribution in [3.8, 4) is 0 Å². The molecule has 0 bridgehead atoms. The molecule has 0 saturated carbocycles. The molecule has 0 radical (unpaired) electrons. The molecule has 0 aliphatic carbocycles. The molecule has 2 aliphatic rings. The van der Waals surface area contributed by atoms with Crippen LogP contribution >= 0.6 is 0 Å². The van der Waals surface area contributed by atoms with Crippen LogP contribution in [0.1, 0.15) is 31.2 Å². The lowest BCUT2D eigenvalue weighted by molar-refractivity contribution is -0.132. The molecule has 1 atom stereocenters. The first kappa shape index (κ1) is 23.2. The largest absolute Gasteiger partial charge is 0.342 e. The van der Waals surface area contributed by atoms with Gasteiger partial charge in [0.25, 0.3) is 0 Å². The minimum absolute atomic E-state index is 0.0504. The Labute approximate surface area is 182 Å². The first-order valence-corrected chi connectivity index (χ1v) is 13.1. The Morgan fingerprint density at radius 3 is 2.43 bits per heavy atom. The number of sulfone groups is 1. The normalized spacial score (nSPS) is 22.4. The summed E-state index contributed by atoms with van der Waals surface area (Å²) >= 11 is 0. The van der Waals surface area contributed by atoms with Crippen molar-refractivity contribution < 1.29 is 13.2 Å². The lowest BCUT2D eigenvalue weighted by Gasteiger charge is -2.34. The van der Waals surface area contributed by atoms with E-state index in [-0.39, 0.29) is 23.5 Å². The summed E-state index contributed by atoms with van der Waals surface area (Å²) in [6, 6.07) is 10.4. The van der Waals surface area contributed by atoms with Crippen molar-refractivity contribution in [2.75, 3.05) is 58.3 Å². The fraction of sp³-hybridized carbons (Fsp3) is 0.696. The molecule has 1 aromatic carbocycles. The predicted molar refractivity (Wildman–Crippen MR) is 121 cm³/mol. The van der Waals surface area contributed by atoms with Gasteiger partial charge in [-0.2, -0.15) is 0 Å². The van der Waals surface area contributed by atoms with E-state index in [1.165, 1.54) is 5.56 Å². The number of benzene rings is 1. The molecule has 6 nitrogen and oxygen atoms in total. The van der Waals surface area contributed by atoms with Crippen molar-refractivity contribution in [2.45, 2.75) is 38.1 Å². The van der Waals surface area contributed by atoms with Gasteiger partial charge >= 0.3 is 0 Å². The predicted octanol–water partition coefficient (Wildman–Crippen LogP) is 1.91. The van der Waals surface area contributed by atoms with Crippen LogP contribution in [0.4, 0.5) is 0 Å². The maximum Gasteiger partial charge on any atom is 0.223 e. The summed E-state index contributed by atoms with van der Waals surface area (Å²) in [5.41, 5.74) is 1.26. The van der Waals surface area contributed by atoms with E-state index in [0.717, 1.165) is 45.4 Å². The number of rotatable bonds is 9. The van der Waals surface area contributed by atoms with Gasteiger partial charge in [-0.25, -0.2) is 8.42 Å². The average Bonchev–Trinajstić information content (AvgIpc) is 3.11. The Hall–Kier alpha value is -1.44. The van der Waals surface area contributed by atoms with Gasteiger partial charge in [-0.15, -0.1) is 0 Å². The van der Waals surface area contributed by atoms with Gasteiger partial charge in [0.2, 0.25) is 5.91 Å². The molecule has 3 rings (SSSR count). The van der Waals surface area contributed by atoms with Crippen LogP contribution in [0.2, 0.25) is 0 Å². The zero-order valence-corrected chi connectivity index (χ0v) is 19.3. The van der Waals surface area contributed by atoms with Gasteiger partial charge in [0, 0.05) is 32.1 Å². The number of amides is 1. The Kier molecular flexibility index (Phi) is 8.31.